The summed E-state index contributed by atoms with van der Waals surface area (Å²) in [5.74, 6) is 0.147. The Hall–Kier alpha value is -2.65. The maximum absolute atomic E-state index is 12.2. The molecule has 0 spiro atoms. The predicted molar refractivity (Wildman–Crippen MR) is 102 cm³/mol. The van der Waals surface area contributed by atoms with Crippen LogP contribution in [0.1, 0.15) is 40.0 Å². The SMILES string of the molecule is CC(C)(C)OC(=O)N1CCC(CC2C=NCCn3cc([N+](=O)[O-])nc3O2)CC1. The van der Waals surface area contributed by atoms with Crippen LogP contribution < -0.4 is 4.74 Å². The number of rotatable bonds is 3. The van der Waals surface area contributed by atoms with E-state index in [2.05, 4.69) is 9.98 Å². The van der Waals surface area contributed by atoms with E-state index in [1.165, 1.54) is 6.20 Å². The number of aliphatic imine (C=N–C) groups is 1. The van der Waals surface area contributed by atoms with E-state index in [1.807, 2.05) is 20.8 Å². The lowest BCUT2D eigenvalue weighted by atomic mass is 9.91. The van der Waals surface area contributed by atoms with Crippen LogP contribution in [0.25, 0.3) is 0 Å². The molecule has 0 N–H and O–H groups in total. The molecule has 0 aromatic carbocycles. The van der Waals surface area contributed by atoms with Crippen molar-refractivity contribution in [3.63, 3.8) is 0 Å². The fraction of sp³-hybridized carbons (Fsp3) is 0.722. The quantitative estimate of drug-likeness (QED) is 0.576. The Morgan fingerprint density at radius 1 is 1.36 bits per heavy atom. The molecule has 1 aromatic heterocycles. The van der Waals surface area contributed by atoms with Gasteiger partial charge in [-0.1, -0.05) is 0 Å². The second-order valence-electron chi connectivity index (χ2n) is 8.19. The minimum Gasteiger partial charge on any atom is -0.444 e. The van der Waals surface area contributed by atoms with E-state index < -0.39 is 10.5 Å². The van der Waals surface area contributed by atoms with E-state index in [4.69, 9.17) is 9.47 Å². The summed E-state index contributed by atoms with van der Waals surface area (Å²) in [5.41, 5.74) is -0.498. The summed E-state index contributed by atoms with van der Waals surface area (Å²) < 4.78 is 13.0. The smallest absolute Gasteiger partial charge is 0.414 e. The third-order valence-corrected chi connectivity index (χ3v) is 4.74. The first-order valence-corrected chi connectivity index (χ1v) is 9.57. The fourth-order valence-electron chi connectivity index (χ4n) is 3.37. The lowest BCUT2D eigenvalue weighted by Gasteiger charge is -2.34. The van der Waals surface area contributed by atoms with Gasteiger partial charge in [-0.15, -0.1) is 0 Å². The van der Waals surface area contributed by atoms with Crippen molar-refractivity contribution in [3.8, 4) is 6.01 Å². The number of imidazole rings is 1. The van der Waals surface area contributed by atoms with Gasteiger partial charge in [-0.25, -0.2) is 4.79 Å². The summed E-state index contributed by atoms with van der Waals surface area (Å²) in [4.78, 5) is 32.7. The topological polar surface area (TPSA) is 112 Å². The van der Waals surface area contributed by atoms with E-state index in [0.717, 1.165) is 19.3 Å². The van der Waals surface area contributed by atoms with Crippen molar-refractivity contribution >= 4 is 18.1 Å². The van der Waals surface area contributed by atoms with Gasteiger partial charge in [-0.3, -0.25) is 9.56 Å². The van der Waals surface area contributed by atoms with Crippen molar-refractivity contribution in [2.24, 2.45) is 10.9 Å². The zero-order valence-corrected chi connectivity index (χ0v) is 16.5. The average molecular weight is 393 g/mol. The lowest BCUT2D eigenvalue weighted by molar-refractivity contribution is -0.389. The molecule has 2 aliphatic heterocycles. The third-order valence-electron chi connectivity index (χ3n) is 4.74. The highest BCUT2D eigenvalue weighted by Gasteiger charge is 2.30. The molecule has 1 fully saturated rings. The molecular weight excluding hydrogens is 366 g/mol. The number of nitrogens with zero attached hydrogens (tertiary/aromatic N) is 5. The van der Waals surface area contributed by atoms with Crippen molar-refractivity contribution in [1.82, 2.24) is 14.5 Å². The van der Waals surface area contributed by atoms with Gasteiger partial charge in [0.15, 0.2) is 0 Å². The van der Waals surface area contributed by atoms with Gasteiger partial charge < -0.3 is 24.5 Å². The largest absolute Gasteiger partial charge is 0.444 e. The van der Waals surface area contributed by atoms with E-state index in [1.54, 1.807) is 15.7 Å². The van der Waals surface area contributed by atoms with Gasteiger partial charge in [0.1, 0.15) is 17.9 Å². The van der Waals surface area contributed by atoms with Crippen LogP contribution in [-0.4, -0.2) is 63.0 Å². The summed E-state index contributed by atoms with van der Waals surface area (Å²) in [5, 5.41) is 11.0. The van der Waals surface area contributed by atoms with E-state index in [0.29, 0.717) is 32.1 Å². The predicted octanol–water partition coefficient (Wildman–Crippen LogP) is 2.66. The van der Waals surface area contributed by atoms with Crippen molar-refractivity contribution in [3.05, 3.63) is 16.3 Å². The molecule has 2 aliphatic rings. The third kappa shape index (κ3) is 5.20. The number of hydrogen-bond donors (Lipinski definition) is 0. The Morgan fingerprint density at radius 2 is 2.07 bits per heavy atom. The van der Waals surface area contributed by atoms with Gasteiger partial charge in [0.2, 0.25) is 0 Å². The van der Waals surface area contributed by atoms with E-state index >= 15 is 0 Å². The fourth-order valence-corrected chi connectivity index (χ4v) is 3.37. The van der Waals surface area contributed by atoms with Gasteiger partial charge in [0.25, 0.3) is 0 Å². The Bertz CT molecular complexity index is 746. The molecule has 3 rings (SSSR count). The molecule has 0 aliphatic carbocycles. The molecule has 1 unspecified atom stereocenters. The molecule has 10 nitrogen and oxygen atoms in total. The molecule has 0 radical (unpaired) electrons. The molecule has 0 bridgehead atoms. The van der Waals surface area contributed by atoms with Crippen molar-refractivity contribution < 1.29 is 19.2 Å². The van der Waals surface area contributed by atoms with Crippen LogP contribution in [0.4, 0.5) is 10.6 Å². The van der Waals surface area contributed by atoms with E-state index in [-0.39, 0.29) is 24.0 Å². The maximum Gasteiger partial charge on any atom is 0.414 e. The molecule has 0 saturated carbocycles. The first-order valence-electron chi connectivity index (χ1n) is 9.57. The van der Waals surface area contributed by atoms with Crippen LogP contribution in [-0.2, 0) is 11.3 Å². The summed E-state index contributed by atoms with van der Waals surface area (Å²) in [7, 11) is 0. The Kier molecular flexibility index (Phi) is 5.85. The molecule has 28 heavy (non-hydrogen) atoms. The van der Waals surface area contributed by atoms with Gasteiger partial charge in [0.05, 0.1) is 6.54 Å². The number of likely N-dealkylation sites (tertiary alicyclic amines) is 1. The molecular formula is C18H27N5O5. The summed E-state index contributed by atoms with van der Waals surface area (Å²) in [6, 6.07) is 0.258. The highest BCUT2D eigenvalue weighted by molar-refractivity contribution is 5.68. The number of nitro groups is 1. The molecule has 3 heterocycles. The van der Waals surface area contributed by atoms with Crippen LogP contribution in [0.15, 0.2) is 11.2 Å². The normalized spacial score (nSPS) is 20.7. The molecule has 10 heteroatoms. The minimum absolute atomic E-state index is 0.221. The highest BCUT2D eigenvalue weighted by atomic mass is 16.6. The van der Waals surface area contributed by atoms with Gasteiger partial charge in [-0.05, 0) is 50.9 Å². The van der Waals surface area contributed by atoms with Crippen LogP contribution in [0.5, 0.6) is 6.01 Å². The molecule has 1 atom stereocenters. The van der Waals surface area contributed by atoms with Crippen LogP contribution >= 0.6 is 0 Å². The molecule has 1 amide bonds. The first-order chi connectivity index (χ1) is 13.2. The maximum atomic E-state index is 12.2. The minimum atomic E-state index is -0.524. The second kappa shape index (κ2) is 8.15. The second-order valence-corrected chi connectivity index (χ2v) is 8.19. The highest BCUT2D eigenvalue weighted by Crippen LogP contribution is 2.26. The number of carbonyl (C=O) groups excluding carboxylic acids is 1. The Labute approximate surface area is 163 Å². The van der Waals surface area contributed by atoms with Gasteiger partial charge in [-0.2, -0.15) is 0 Å². The van der Waals surface area contributed by atoms with Gasteiger partial charge in [0, 0.05) is 30.8 Å². The number of fused-ring (bicyclic) bond motifs is 1. The van der Waals surface area contributed by atoms with Crippen LogP contribution in [0.3, 0.4) is 0 Å². The first kappa shape index (κ1) is 20.1. The summed E-state index contributed by atoms with van der Waals surface area (Å²) in [6.07, 6.45) is 5.01. The molecule has 1 aromatic rings. The van der Waals surface area contributed by atoms with Crippen LogP contribution in [0.2, 0.25) is 0 Å². The number of aromatic nitrogens is 2. The average Bonchev–Trinajstić information content (AvgIpc) is 2.98. The number of piperidine rings is 1. The molecule has 154 valence electrons. The van der Waals surface area contributed by atoms with Crippen molar-refractivity contribution in [2.45, 2.75) is 58.3 Å². The number of ether oxygens (including phenoxy) is 2. The monoisotopic (exact) mass is 393 g/mol. The van der Waals surface area contributed by atoms with Crippen molar-refractivity contribution in [1.29, 1.82) is 0 Å². The standard InChI is InChI=1S/C18H27N5O5/c1-18(2,3)28-17(24)21-7-4-13(5-8-21)10-14-11-19-6-9-22-12-15(23(25)26)20-16(22)27-14/h11-14H,4-10H2,1-3H3. The number of carbonyl (C=O) groups is 1. The Balaban J connectivity index is 1.56. The zero-order valence-electron chi connectivity index (χ0n) is 16.5. The Morgan fingerprint density at radius 3 is 2.71 bits per heavy atom. The number of amides is 1. The van der Waals surface area contributed by atoms with Gasteiger partial charge >= 0.3 is 17.9 Å². The summed E-state index contributed by atoms with van der Waals surface area (Å²) >= 11 is 0. The van der Waals surface area contributed by atoms with Crippen molar-refractivity contribution in [2.75, 3.05) is 19.6 Å². The lowest BCUT2D eigenvalue weighted by Crippen LogP contribution is -2.42. The molecule has 1 saturated heterocycles. The zero-order chi connectivity index (χ0) is 20.3. The number of hydrogen-bond acceptors (Lipinski definition) is 7. The van der Waals surface area contributed by atoms with Crippen LogP contribution in [0, 0.1) is 16.0 Å². The summed E-state index contributed by atoms with van der Waals surface area (Å²) in [6.45, 7) is 7.88. The van der Waals surface area contributed by atoms with E-state index in [9.17, 15) is 14.9 Å².